The first-order valence-electron chi connectivity index (χ1n) is 14.3. The number of hydrogen-bond acceptors (Lipinski definition) is 5. The summed E-state index contributed by atoms with van der Waals surface area (Å²) in [5, 5.41) is 3.03. The van der Waals surface area contributed by atoms with E-state index in [-0.39, 0.29) is 24.0 Å². The third-order valence-corrected chi connectivity index (χ3v) is 9.52. The van der Waals surface area contributed by atoms with E-state index in [2.05, 4.69) is 34.2 Å². The lowest BCUT2D eigenvalue weighted by atomic mass is 9.74. The molecule has 8 nitrogen and oxygen atoms in total. The molecule has 1 N–H and O–H groups in total. The van der Waals surface area contributed by atoms with Crippen LogP contribution in [0.25, 0.3) is 0 Å². The molecule has 3 aromatic rings. The molecule has 42 heavy (non-hydrogen) atoms. The van der Waals surface area contributed by atoms with Crippen LogP contribution in [0.15, 0.2) is 78.9 Å². The summed E-state index contributed by atoms with van der Waals surface area (Å²) in [5.74, 6) is 7.24. The van der Waals surface area contributed by atoms with Crippen LogP contribution in [0.4, 0.5) is 10.5 Å². The second-order valence-corrected chi connectivity index (χ2v) is 13.1. The number of amides is 2. The van der Waals surface area contributed by atoms with Gasteiger partial charge in [-0.3, -0.25) is 4.90 Å². The lowest BCUT2D eigenvalue weighted by Crippen LogP contribution is -2.69. The average Bonchev–Trinajstić information content (AvgIpc) is 2.97. The van der Waals surface area contributed by atoms with Crippen LogP contribution in [-0.2, 0) is 10.0 Å². The summed E-state index contributed by atoms with van der Waals surface area (Å²) in [6, 6.07) is 25.4. The number of anilines is 1. The smallest absolute Gasteiger partial charge is 0.321 e. The molecule has 0 spiro atoms. The largest absolute Gasteiger partial charge is 0.497 e. The maximum absolute atomic E-state index is 13.4. The van der Waals surface area contributed by atoms with Gasteiger partial charge < -0.3 is 15.0 Å². The molecule has 0 saturated carbocycles. The minimum absolute atomic E-state index is 0.0144. The molecular weight excluding hydrogens is 548 g/mol. The van der Waals surface area contributed by atoms with Crippen LogP contribution in [0.2, 0.25) is 0 Å². The highest BCUT2D eigenvalue weighted by Crippen LogP contribution is 2.42. The van der Waals surface area contributed by atoms with Crippen molar-refractivity contribution in [3.05, 3.63) is 95.6 Å². The van der Waals surface area contributed by atoms with Gasteiger partial charge in [0.25, 0.3) is 0 Å². The number of hydrogen-bond donors (Lipinski definition) is 1. The first-order chi connectivity index (χ1) is 20.2. The molecule has 3 atom stereocenters. The second-order valence-electron chi connectivity index (χ2n) is 11.0. The van der Waals surface area contributed by atoms with Gasteiger partial charge in [0.1, 0.15) is 5.75 Å². The summed E-state index contributed by atoms with van der Waals surface area (Å²) in [6.07, 6.45) is 3.06. The number of rotatable bonds is 6. The van der Waals surface area contributed by atoms with E-state index in [0.29, 0.717) is 25.3 Å². The Balaban J connectivity index is 1.37. The van der Waals surface area contributed by atoms with Gasteiger partial charge in [-0.05, 0) is 73.5 Å². The third kappa shape index (κ3) is 6.96. The standard InChI is InChI=1S/C33H38N4O4S/c1-35(42(3,39)40)23-30-32(27-15-13-26(14-16-27)12-11-25-9-5-4-6-10-25)31-24-36(21-7-8-22-37(30)31)33(38)34-28-17-19-29(41-2)20-18-28/h4-6,9-10,13-20,30-32H,7-8,21-24H2,1-3H3,(H,34,38). The zero-order chi connectivity index (χ0) is 29.7. The summed E-state index contributed by atoms with van der Waals surface area (Å²) < 4.78 is 31.4. The predicted octanol–water partition coefficient (Wildman–Crippen LogP) is 4.45. The van der Waals surface area contributed by atoms with Crippen molar-refractivity contribution in [2.24, 2.45) is 0 Å². The highest BCUT2D eigenvalue weighted by atomic mass is 32.2. The number of benzene rings is 3. The minimum Gasteiger partial charge on any atom is -0.497 e. The van der Waals surface area contributed by atoms with Gasteiger partial charge in [0.05, 0.1) is 13.4 Å². The van der Waals surface area contributed by atoms with Crippen LogP contribution < -0.4 is 10.1 Å². The molecule has 2 saturated heterocycles. The number of ether oxygens (including phenoxy) is 1. The topological polar surface area (TPSA) is 82.2 Å². The van der Waals surface area contributed by atoms with E-state index in [0.717, 1.165) is 41.8 Å². The van der Waals surface area contributed by atoms with Crippen LogP contribution >= 0.6 is 0 Å². The fraction of sp³-hybridized carbons (Fsp3) is 0.364. The molecule has 0 aliphatic carbocycles. The van der Waals surface area contributed by atoms with Crippen molar-refractivity contribution in [2.75, 3.05) is 51.9 Å². The van der Waals surface area contributed by atoms with Crippen LogP contribution in [0.3, 0.4) is 0 Å². The normalized spacial score (nSPS) is 20.8. The van der Waals surface area contributed by atoms with E-state index in [1.807, 2.05) is 71.6 Å². The number of nitrogens with zero attached hydrogens (tertiary/aromatic N) is 3. The maximum Gasteiger partial charge on any atom is 0.321 e. The van der Waals surface area contributed by atoms with Crippen molar-refractivity contribution >= 4 is 21.7 Å². The highest BCUT2D eigenvalue weighted by molar-refractivity contribution is 7.88. The van der Waals surface area contributed by atoms with Gasteiger partial charge in [-0.2, -0.15) is 0 Å². The molecule has 3 unspecified atom stereocenters. The summed E-state index contributed by atoms with van der Waals surface area (Å²) in [7, 11) is -0.0814. The number of fused-ring (bicyclic) bond motifs is 1. The molecule has 2 amide bonds. The van der Waals surface area contributed by atoms with Crippen LogP contribution in [-0.4, -0.2) is 87.2 Å². The Kier molecular flexibility index (Phi) is 9.17. The molecule has 2 fully saturated rings. The second kappa shape index (κ2) is 13.0. The van der Waals surface area contributed by atoms with E-state index in [1.54, 1.807) is 14.2 Å². The van der Waals surface area contributed by atoms with Crippen molar-refractivity contribution in [3.8, 4) is 17.6 Å². The van der Waals surface area contributed by atoms with E-state index >= 15 is 0 Å². The molecular formula is C33H38N4O4S. The molecule has 0 bridgehead atoms. The number of nitrogens with one attached hydrogen (secondary N) is 1. The molecule has 0 aromatic heterocycles. The van der Waals surface area contributed by atoms with E-state index in [4.69, 9.17) is 4.74 Å². The summed E-state index contributed by atoms with van der Waals surface area (Å²) in [4.78, 5) is 17.7. The minimum atomic E-state index is -3.33. The number of sulfonamides is 1. The number of likely N-dealkylation sites (N-methyl/N-ethyl adjacent to an activating group) is 1. The van der Waals surface area contributed by atoms with Crippen molar-refractivity contribution in [3.63, 3.8) is 0 Å². The zero-order valence-corrected chi connectivity index (χ0v) is 25.2. The van der Waals surface area contributed by atoms with Gasteiger partial charge in [-0.15, -0.1) is 0 Å². The quantitative estimate of drug-likeness (QED) is 0.432. The van der Waals surface area contributed by atoms with Crippen LogP contribution in [0, 0.1) is 11.8 Å². The van der Waals surface area contributed by atoms with E-state index in [9.17, 15) is 13.2 Å². The number of urea groups is 1. The molecule has 0 radical (unpaired) electrons. The summed E-state index contributed by atoms with van der Waals surface area (Å²) in [6.45, 7) is 2.49. The molecule has 9 heteroatoms. The van der Waals surface area contributed by atoms with Gasteiger partial charge in [-0.25, -0.2) is 17.5 Å². The van der Waals surface area contributed by atoms with Gasteiger partial charge >= 0.3 is 6.03 Å². The van der Waals surface area contributed by atoms with E-state index in [1.165, 1.54) is 10.6 Å². The van der Waals surface area contributed by atoms with Gasteiger partial charge in [0, 0.05) is 61.5 Å². The Labute approximate surface area is 249 Å². The SMILES string of the molecule is COc1ccc(NC(=O)N2CCCCN3C(C2)C(c2ccc(C#Cc4ccccc4)cc2)C3CN(C)S(C)(=O)=O)cc1. The first kappa shape index (κ1) is 29.6. The van der Waals surface area contributed by atoms with Gasteiger partial charge in [0.2, 0.25) is 10.0 Å². The average molecular weight is 587 g/mol. The van der Waals surface area contributed by atoms with Gasteiger partial charge in [0.15, 0.2) is 0 Å². The lowest BCUT2D eigenvalue weighted by Gasteiger charge is -2.58. The molecule has 3 aromatic carbocycles. The fourth-order valence-corrected chi connectivity index (χ4v) is 6.28. The predicted molar refractivity (Wildman–Crippen MR) is 166 cm³/mol. The van der Waals surface area contributed by atoms with Crippen molar-refractivity contribution in [1.82, 2.24) is 14.1 Å². The van der Waals surface area contributed by atoms with Crippen molar-refractivity contribution in [2.45, 2.75) is 30.8 Å². The third-order valence-electron chi connectivity index (χ3n) is 8.24. The maximum atomic E-state index is 13.4. The molecule has 5 rings (SSSR count). The Morgan fingerprint density at radius 3 is 2.24 bits per heavy atom. The number of carbonyl (C=O) groups excluding carboxylic acids is 1. The van der Waals surface area contributed by atoms with Crippen molar-refractivity contribution in [1.29, 1.82) is 0 Å². The van der Waals surface area contributed by atoms with Crippen LogP contribution in [0.1, 0.15) is 35.4 Å². The van der Waals surface area contributed by atoms with E-state index < -0.39 is 10.0 Å². The van der Waals surface area contributed by atoms with Crippen molar-refractivity contribution < 1.29 is 17.9 Å². The summed E-state index contributed by atoms with van der Waals surface area (Å²) in [5.41, 5.74) is 3.72. The van der Waals surface area contributed by atoms with Gasteiger partial charge in [-0.1, -0.05) is 42.2 Å². The lowest BCUT2D eigenvalue weighted by molar-refractivity contribution is -0.0402. The Bertz CT molecular complexity index is 1530. The number of methoxy groups -OCH3 is 1. The molecule has 2 aliphatic rings. The molecule has 2 heterocycles. The Morgan fingerprint density at radius 1 is 0.952 bits per heavy atom. The highest BCUT2D eigenvalue weighted by Gasteiger charge is 2.50. The monoisotopic (exact) mass is 586 g/mol. The first-order valence-corrected chi connectivity index (χ1v) is 16.1. The van der Waals surface area contributed by atoms with Crippen LogP contribution in [0.5, 0.6) is 5.75 Å². The fourth-order valence-electron chi connectivity index (χ4n) is 5.86. The zero-order valence-electron chi connectivity index (χ0n) is 24.4. The molecule has 2 aliphatic heterocycles. The Hall–Kier alpha value is -3.84. The summed E-state index contributed by atoms with van der Waals surface area (Å²) >= 11 is 0. The number of carbonyl (C=O) groups is 1. The Morgan fingerprint density at radius 2 is 1.60 bits per heavy atom. The molecule has 220 valence electrons.